The summed E-state index contributed by atoms with van der Waals surface area (Å²) in [5.41, 5.74) is 8.40. The predicted molar refractivity (Wildman–Crippen MR) is 55.3 cm³/mol. The van der Waals surface area contributed by atoms with Crippen LogP contribution >= 0.6 is 0 Å². The van der Waals surface area contributed by atoms with Crippen LogP contribution < -0.4 is 11.1 Å². The van der Waals surface area contributed by atoms with Crippen LogP contribution in [0.15, 0.2) is 36.4 Å². The molecule has 1 atom stereocenters. The van der Waals surface area contributed by atoms with Crippen molar-refractivity contribution in [3.8, 4) is 0 Å². The Morgan fingerprint density at radius 2 is 2.00 bits per heavy atom. The third-order valence-electron chi connectivity index (χ3n) is 2.26. The summed E-state index contributed by atoms with van der Waals surface area (Å²) >= 11 is 0. The highest BCUT2D eigenvalue weighted by molar-refractivity contribution is 5.68. The summed E-state index contributed by atoms with van der Waals surface area (Å²) in [5, 5.41) is 3.29. The molecule has 0 spiro atoms. The molecule has 0 saturated heterocycles. The van der Waals surface area contributed by atoms with Gasteiger partial charge < -0.3 is 11.1 Å². The van der Waals surface area contributed by atoms with E-state index in [0.29, 0.717) is 0 Å². The zero-order valence-electron chi connectivity index (χ0n) is 7.53. The van der Waals surface area contributed by atoms with Crippen molar-refractivity contribution in [2.24, 2.45) is 5.73 Å². The fourth-order valence-electron chi connectivity index (χ4n) is 1.60. The molecule has 2 heteroatoms. The fourth-order valence-corrected chi connectivity index (χ4v) is 1.60. The Morgan fingerprint density at radius 3 is 2.69 bits per heavy atom. The van der Waals surface area contributed by atoms with E-state index in [2.05, 4.69) is 35.7 Å². The first-order valence-electron chi connectivity index (χ1n) is 4.58. The standard InChI is InChI=1S/C11H14N2/c12-11-6-10(7-13-8-11)9-4-2-1-3-5-9/h1-6,11,13H,7-8,12H2. The lowest BCUT2D eigenvalue weighted by Crippen LogP contribution is -2.37. The summed E-state index contributed by atoms with van der Waals surface area (Å²) < 4.78 is 0. The van der Waals surface area contributed by atoms with E-state index in [1.807, 2.05) is 6.07 Å². The van der Waals surface area contributed by atoms with Gasteiger partial charge in [0.2, 0.25) is 0 Å². The molecule has 0 aliphatic carbocycles. The van der Waals surface area contributed by atoms with Crippen LogP contribution in [0.1, 0.15) is 5.56 Å². The SMILES string of the molecule is NC1C=C(c2ccccc2)CNC1. The lowest BCUT2D eigenvalue weighted by molar-refractivity contribution is 0.663. The number of hydrogen-bond donors (Lipinski definition) is 2. The van der Waals surface area contributed by atoms with Gasteiger partial charge >= 0.3 is 0 Å². The van der Waals surface area contributed by atoms with Gasteiger partial charge in [-0.3, -0.25) is 0 Å². The molecule has 2 nitrogen and oxygen atoms in total. The van der Waals surface area contributed by atoms with E-state index in [9.17, 15) is 0 Å². The molecule has 1 unspecified atom stereocenters. The molecule has 1 aromatic carbocycles. The molecule has 0 saturated carbocycles. The highest BCUT2D eigenvalue weighted by Crippen LogP contribution is 2.15. The van der Waals surface area contributed by atoms with Crippen molar-refractivity contribution >= 4 is 5.57 Å². The van der Waals surface area contributed by atoms with E-state index in [0.717, 1.165) is 13.1 Å². The summed E-state index contributed by atoms with van der Waals surface area (Å²) in [7, 11) is 0. The maximum Gasteiger partial charge on any atom is 0.0357 e. The average Bonchev–Trinajstić information content (AvgIpc) is 2.19. The van der Waals surface area contributed by atoms with Crippen molar-refractivity contribution in [3.63, 3.8) is 0 Å². The molecule has 0 aromatic heterocycles. The largest absolute Gasteiger partial charge is 0.323 e. The quantitative estimate of drug-likeness (QED) is 0.666. The minimum atomic E-state index is 0.156. The van der Waals surface area contributed by atoms with Gasteiger partial charge in [0.1, 0.15) is 0 Å². The van der Waals surface area contributed by atoms with Crippen LogP contribution in [0.2, 0.25) is 0 Å². The second-order valence-electron chi connectivity index (χ2n) is 3.35. The molecule has 0 bridgehead atoms. The molecule has 68 valence electrons. The van der Waals surface area contributed by atoms with E-state index >= 15 is 0 Å². The molecule has 3 N–H and O–H groups in total. The normalized spacial score (nSPS) is 22.5. The number of benzene rings is 1. The van der Waals surface area contributed by atoms with Crippen LogP contribution in [-0.2, 0) is 0 Å². The first-order valence-corrected chi connectivity index (χ1v) is 4.58. The Hall–Kier alpha value is -1.12. The smallest absolute Gasteiger partial charge is 0.0357 e. The zero-order valence-corrected chi connectivity index (χ0v) is 7.53. The summed E-state index contributed by atoms with van der Waals surface area (Å²) in [5.74, 6) is 0. The fraction of sp³-hybridized carbons (Fsp3) is 0.273. The molecule has 13 heavy (non-hydrogen) atoms. The second kappa shape index (κ2) is 3.73. The molecule has 0 amide bonds. The van der Waals surface area contributed by atoms with Gasteiger partial charge in [-0.1, -0.05) is 36.4 Å². The number of nitrogens with one attached hydrogen (secondary N) is 1. The van der Waals surface area contributed by atoms with Gasteiger partial charge in [-0.15, -0.1) is 0 Å². The highest BCUT2D eigenvalue weighted by atomic mass is 14.9. The Bertz CT molecular complexity index is 303. The number of rotatable bonds is 1. The van der Waals surface area contributed by atoms with Crippen LogP contribution in [0.3, 0.4) is 0 Å². The third-order valence-corrected chi connectivity index (χ3v) is 2.26. The van der Waals surface area contributed by atoms with Crippen LogP contribution in [0.5, 0.6) is 0 Å². The van der Waals surface area contributed by atoms with Crippen molar-refractivity contribution in [2.75, 3.05) is 13.1 Å². The highest BCUT2D eigenvalue weighted by Gasteiger charge is 2.09. The Balaban J connectivity index is 2.26. The third kappa shape index (κ3) is 1.97. The first-order chi connectivity index (χ1) is 6.36. The molecule has 1 heterocycles. The topological polar surface area (TPSA) is 38.0 Å². The van der Waals surface area contributed by atoms with Gasteiger partial charge in [0.25, 0.3) is 0 Å². The molecule has 0 radical (unpaired) electrons. The Morgan fingerprint density at radius 1 is 1.23 bits per heavy atom. The van der Waals surface area contributed by atoms with Crippen LogP contribution in [-0.4, -0.2) is 19.1 Å². The maximum absolute atomic E-state index is 5.82. The zero-order chi connectivity index (χ0) is 9.10. The van der Waals surface area contributed by atoms with Crippen LogP contribution in [0, 0.1) is 0 Å². The molecular formula is C11H14N2. The van der Waals surface area contributed by atoms with Gasteiger partial charge in [-0.25, -0.2) is 0 Å². The molecule has 2 rings (SSSR count). The van der Waals surface area contributed by atoms with Crippen LogP contribution in [0.25, 0.3) is 5.57 Å². The minimum absolute atomic E-state index is 0.156. The number of nitrogens with two attached hydrogens (primary N) is 1. The van der Waals surface area contributed by atoms with Crippen molar-refractivity contribution in [1.82, 2.24) is 5.32 Å². The van der Waals surface area contributed by atoms with E-state index in [1.54, 1.807) is 0 Å². The lowest BCUT2D eigenvalue weighted by Gasteiger charge is -2.19. The van der Waals surface area contributed by atoms with Crippen molar-refractivity contribution in [2.45, 2.75) is 6.04 Å². The minimum Gasteiger partial charge on any atom is -0.323 e. The van der Waals surface area contributed by atoms with E-state index in [4.69, 9.17) is 5.73 Å². The van der Waals surface area contributed by atoms with Gasteiger partial charge in [0.05, 0.1) is 0 Å². The summed E-state index contributed by atoms with van der Waals surface area (Å²) in [6.07, 6.45) is 2.14. The predicted octanol–water partition coefficient (Wildman–Crippen LogP) is 1.00. The van der Waals surface area contributed by atoms with Gasteiger partial charge in [-0.2, -0.15) is 0 Å². The summed E-state index contributed by atoms with van der Waals surface area (Å²) in [4.78, 5) is 0. The molecule has 1 aliphatic rings. The lowest BCUT2D eigenvalue weighted by atomic mass is 10.0. The van der Waals surface area contributed by atoms with Gasteiger partial charge in [0, 0.05) is 19.1 Å². The number of hydrogen-bond acceptors (Lipinski definition) is 2. The maximum atomic E-state index is 5.82. The molecular weight excluding hydrogens is 160 g/mol. The van der Waals surface area contributed by atoms with E-state index < -0.39 is 0 Å². The molecule has 0 fully saturated rings. The first kappa shape index (κ1) is 8.48. The van der Waals surface area contributed by atoms with Crippen molar-refractivity contribution in [3.05, 3.63) is 42.0 Å². The Labute approximate surface area is 78.5 Å². The Kier molecular flexibility index (Phi) is 2.43. The van der Waals surface area contributed by atoms with E-state index in [-0.39, 0.29) is 6.04 Å². The van der Waals surface area contributed by atoms with Gasteiger partial charge in [-0.05, 0) is 11.1 Å². The molecule has 1 aromatic rings. The second-order valence-corrected chi connectivity index (χ2v) is 3.35. The monoisotopic (exact) mass is 174 g/mol. The van der Waals surface area contributed by atoms with Crippen molar-refractivity contribution < 1.29 is 0 Å². The van der Waals surface area contributed by atoms with Crippen molar-refractivity contribution in [1.29, 1.82) is 0 Å². The summed E-state index contributed by atoms with van der Waals surface area (Å²) in [6.45, 7) is 1.81. The summed E-state index contributed by atoms with van der Waals surface area (Å²) in [6, 6.07) is 10.5. The van der Waals surface area contributed by atoms with Crippen LogP contribution in [0.4, 0.5) is 0 Å². The van der Waals surface area contributed by atoms with Gasteiger partial charge in [0.15, 0.2) is 0 Å². The average molecular weight is 174 g/mol. The van der Waals surface area contributed by atoms with E-state index in [1.165, 1.54) is 11.1 Å². The molecule has 1 aliphatic heterocycles.